The lowest BCUT2D eigenvalue weighted by Gasteiger charge is -2.32. The van der Waals surface area contributed by atoms with Crippen LogP contribution in [0.15, 0.2) is 30.3 Å². The van der Waals surface area contributed by atoms with Crippen LogP contribution in [0.25, 0.3) is 0 Å². The van der Waals surface area contributed by atoms with Crippen molar-refractivity contribution in [2.45, 2.75) is 38.1 Å². The van der Waals surface area contributed by atoms with Gasteiger partial charge in [-0.05, 0) is 55.9 Å². The number of likely N-dealkylation sites (tertiary alicyclic amines) is 1. The van der Waals surface area contributed by atoms with Crippen LogP contribution < -0.4 is 5.32 Å². The molecule has 0 bridgehead atoms. The zero-order valence-corrected chi connectivity index (χ0v) is 17.9. The Morgan fingerprint density at radius 3 is 2.57 bits per heavy atom. The number of hydrogen-bond donors (Lipinski definition) is 1. The van der Waals surface area contributed by atoms with E-state index in [1.165, 1.54) is 11.3 Å². The normalized spacial score (nSPS) is 22.2. The van der Waals surface area contributed by atoms with E-state index < -0.39 is 0 Å². The first-order chi connectivity index (χ1) is 13.4. The van der Waals surface area contributed by atoms with Crippen molar-refractivity contribution in [3.63, 3.8) is 0 Å². The molecule has 4 rings (SSSR count). The van der Waals surface area contributed by atoms with E-state index >= 15 is 0 Å². The van der Waals surface area contributed by atoms with E-state index in [1.54, 1.807) is 6.07 Å². The van der Waals surface area contributed by atoms with E-state index in [4.69, 9.17) is 23.2 Å². The monoisotopic (exact) mass is 436 g/mol. The largest absolute Gasteiger partial charge is 0.348 e. The highest BCUT2D eigenvalue weighted by Gasteiger charge is 2.47. The van der Waals surface area contributed by atoms with Gasteiger partial charge >= 0.3 is 0 Å². The highest BCUT2D eigenvalue weighted by Crippen LogP contribution is 2.51. The Kier molecular flexibility index (Phi) is 5.68. The van der Waals surface area contributed by atoms with Gasteiger partial charge in [0.05, 0.1) is 14.9 Å². The number of aryl methyl sites for hydroxylation is 1. The number of rotatable bonds is 4. The lowest BCUT2D eigenvalue weighted by Crippen LogP contribution is -2.47. The first-order valence-corrected chi connectivity index (χ1v) is 11.1. The van der Waals surface area contributed by atoms with Gasteiger partial charge in [0.15, 0.2) is 0 Å². The summed E-state index contributed by atoms with van der Waals surface area (Å²) in [5.74, 6) is 0.342. The van der Waals surface area contributed by atoms with Gasteiger partial charge in [0.1, 0.15) is 0 Å². The molecule has 1 aromatic carbocycles. The predicted molar refractivity (Wildman–Crippen MR) is 113 cm³/mol. The molecule has 4 nitrogen and oxygen atoms in total. The summed E-state index contributed by atoms with van der Waals surface area (Å²) in [5, 5.41) is 4.20. The fraction of sp³-hybridized carbons (Fsp3) is 0.429. The van der Waals surface area contributed by atoms with Gasteiger partial charge in [0.2, 0.25) is 5.91 Å². The molecule has 2 atom stereocenters. The van der Waals surface area contributed by atoms with Crippen LogP contribution in [0.5, 0.6) is 0 Å². The van der Waals surface area contributed by atoms with Crippen LogP contribution in [0.1, 0.15) is 45.3 Å². The molecular weight excluding hydrogens is 415 g/mol. The second-order valence-electron chi connectivity index (χ2n) is 7.58. The minimum Gasteiger partial charge on any atom is -0.348 e. The number of thiophene rings is 1. The average Bonchev–Trinajstić information content (AvgIpc) is 3.36. The van der Waals surface area contributed by atoms with Crippen LogP contribution in [0, 0.1) is 12.8 Å². The average molecular weight is 437 g/mol. The first kappa shape index (κ1) is 19.7. The molecule has 148 valence electrons. The molecule has 2 heterocycles. The zero-order valence-electron chi connectivity index (χ0n) is 15.6. The maximum absolute atomic E-state index is 12.9. The third-order valence-electron chi connectivity index (χ3n) is 5.59. The van der Waals surface area contributed by atoms with Gasteiger partial charge in [-0.3, -0.25) is 9.59 Å². The summed E-state index contributed by atoms with van der Waals surface area (Å²) in [5.41, 5.74) is 0.973. The van der Waals surface area contributed by atoms with Crippen LogP contribution in [0.2, 0.25) is 10.0 Å². The molecule has 1 saturated heterocycles. The molecule has 1 saturated carbocycles. The van der Waals surface area contributed by atoms with Crippen LogP contribution in [0.3, 0.4) is 0 Å². The molecule has 1 aromatic heterocycles. The Labute approximate surface area is 178 Å². The number of benzene rings is 1. The van der Waals surface area contributed by atoms with Gasteiger partial charge in [-0.2, -0.15) is 0 Å². The maximum atomic E-state index is 12.9. The number of halogens is 2. The Morgan fingerprint density at radius 1 is 1.14 bits per heavy atom. The standard InChI is InChI=1S/C21H22Cl2N2O2S/c1-12-5-6-18(28-12)20(26)24-13-7-9-25(10-8-13)21(27)16-11-15(16)14-3-2-4-17(22)19(14)23/h2-6,13,15-16H,7-11H2,1H3,(H,24,26). The molecule has 2 aliphatic rings. The van der Waals surface area contributed by atoms with E-state index in [0.29, 0.717) is 23.1 Å². The smallest absolute Gasteiger partial charge is 0.261 e. The van der Waals surface area contributed by atoms with Crippen molar-refractivity contribution in [2.24, 2.45) is 5.92 Å². The van der Waals surface area contributed by atoms with Gasteiger partial charge in [0.25, 0.3) is 5.91 Å². The number of nitrogens with one attached hydrogen (secondary N) is 1. The highest BCUT2D eigenvalue weighted by atomic mass is 35.5. The van der Waals surface area contributed by atoms with Crippen molar-refractivity contribution in [1.29, 1.82) is 0 Å². The molecule has 1 aliphatic carbocycles. The van der Waals surface area contributed by atoms with Crippen LogP contribution in [-0.4, -0.2) is 35.8 Å². The Morgan fingerprint density at radius 2 is 1.89 bits per heavy atom. The Hall–Kier alpha value is -1.56. The van der Waals surface area contributed by atoms with Crippen molar-refractivity contribution in [3.05, 3.63) is 55.7 Å². The topological polar surface area (TPSA) is 49.4 Å². The molecule has 2 aromatic rings. The van der Waals surface area contributed by atoms with Crippen molar-refractivity contribution in [2.75, 3.05) is 13.1 Å². The molecule has 1 aliphatic heterocycles. The molecule has 2 amide bonds. The van der Waals surface area contributed by atoms with Crippen molar-refractivity contribution in [3.8, 4) is 0 Å². The summed E-state index contributed by atoms with van der Waals surface area (Å²) in [6, 6.07) is 9.55. The summed E-state index contributed by atoms with van der Waals surface area (Å²) >= 11 is 13.9. The van der Waals surface area contributed by atoms with E-state index in [9.17, 15) is 9.59 Å². The summed E-state index contributed by atoms with van der Waals surface area (Å²) in [6.07, 6.45) is 2.40. The summed E-state index contributed by atoms with van der Waals surface area (Å²) < 4.78 is 0. The summed E-state index contributed by atoms with van der Waals surface area (Å²) in [6.45, 7) is 3.35. The molecule has 2 unspecified atom stereocenters. The number of amides is 2. The quantitative estimate of drug-likeness (QED) is 0.741. The molecule has 7 heteroatoms. The van der Waals surface area contributed by atoms with Gasteiger partial charge in [-0.25, -0.2) is 0 Å². The second-order valence-corrected chi connectivity index (χ2v) is 9.65. The van der Waals surface area contributed by atoms with E-state index in [-0.39, 0.29) is 29.7 Å². The number of carbonyl (C=O) groups is 2. The molecule has 0 radical (unpaired) electrons. The fourth-order valence-electron chi connectivity index (χ4n) is 3.91. The Balaban J connectivity index is 1.29. The van der Waals surface area contributed by atoms with Crippen LogP contribution >= 0.6 is 34.5 Å². The third kappa shape index (κ3) is 4.07. The second kappa shape index (κ2) is 8.05. The summed E-state index contributed by atoms with van der Waals surface area (Å²) in [4.78, 5) is 29.0. The fourth-order valence-corrected chi connectivity index (χ4v) is 5.13. The number of carbonyl (C=O) groups excluding carboxylic acids is 2. The molecule has 0 spiro atoms. The first-order valence-electron chi connectivity index (χ1n) is 9.54. The van der Waals surface area contributed by atoms with E-state index in [2.05, 4.69) is 5.32 Å². The van der Waals surface area contributed by atoms with Gasteiger partial charge in [-0.15, -0.1) is 11.3 Å². The molecule has 1 N–H and O–H groups in total. The van der Waals surface area contributed by atoms with Crippen molar-refractivity contribution in [1.82, 2.24) is 10.2 Å². The Bertz CT molecular complexity index is 906. The third-order valence-corrected chi connectivity index (χ3v) is 7.43. The zero-order chi connectivity index (χ0) is 19.8. The lowest BCUT2D eigenvalue weighted by molar-refractivity contribution is -0.133. The van der Waals surface area contributed by atoms with Gasteiger partial charge in [0, 0.05) is 29.9 Å². The van der Waals surface area contributed by atoms with Gasteiger partial charge < -0.3 is 10.2 Å². The summed E-state index contributed by atoms with van der Waals surface area (Å²) in [7, 11) is 0. The minimum absolute atomic E-state index is 0.00352. The molecule has 28 heavy (non-hydrogen) atoms. The van der Waals surface area contributed by atoms with Crippen molar-refractivity contribution >= 4 is 46.4 Å². The van der Waals surface area contributed by atoms with Crippen LogP contribution in [0.4, 0.5) is 0 Å². The van der Waals surface area contributed by atoms with Crippen LogP contribution in [-0.2, 0) is 4.79 Å². The predicted octanol–water partition coefficient (Wildman–Crippen LogP) is 4.89. The number of nitrogens with zero attached hydrogens (tertiary/aromatic N) is 1. The SMILES string of the molecule is Cc1ccc(C(=O)NC2CCN(C(=O)C3CC3c3cccc(Cl)c3Cl)CC2)s1. The van der Waals surface area contributed by atoms with E-state index in [0.717, 1.165) is 34.6 Å². The molecule has 2 fully saturated rings. The van der Waals surface area contributed by atoms with E-state index in [1.807, 2.05) is 36.1 Å². The number of piperidine rings is 1. The highest BCUT2D eigenvalue weighted by molar-refractivity contribution is 7.13. The molecular formula is C21H22Cl2N2O2S. The number of hydrogen-bond acceptors (Lipinski definition) is 3. The lowest BCUT2D eigenvalue weighted by atomic mass is 10.0. The van der Waals surface area contributed by atoms with Gasteiger partial charge in [-0.1, -0.05) is 35.3 Å². The van der Waals surface area contributed by atoms with Crippen molar-refractivity contribution < 1.29 is 9.59 Å². The minimum atomic E-state index is -0.0132. The maximum Gasteiger partial charge on any atom is 0.261 e.